The van der Waals surface area contributed by atoms with Crippen LogP contribution in [0, 0.1) is 17.0 Å². The van der Waals surface area contributed by atoms with E-state index < -0.39 is 4.92 Å². The lowest BCUT2D eigenvalue weighted by Crippen LogP contribution is -2.31. The van der Waals surface area contributed by atoms with Crippen molar-refractivity contribution >= 4 is 11.5 Å². The average Bonchev–Trinajstić information content (AvgIpc) is 2.53. The van der Waals surface area contributed by atoms with Gasteiger partial charge in [0, 0.05) is 24.7 Å². The van der Waals surface area contributed by atoms with Gasteiger partial charge in [-0.25, -0.2) is 4.98 Å². The molecule has 1 aromatic carbocycles. The number of fused-ring (bicyclic) bond motifs is 1. The standard InChI is InChI=1S/C16H17N3O3/c1-11-14(19(20)21)6-7-16(17-11)18-9-8-13-12(10-18)4-3-5-15(13)22-2/h3-7H,8-10H2,1-2H3. The van der Waals surface area contributed by atoms with Gasteiger partial charge in [-0.05, 0) is 31.0 Å². The molecule has 0 fully saturated rings. The molecule has 0 saturated carbocycles. The van der Waals surface area contributed by atoms with Gasteiger partial charge < -0.3 is 9.64 Å². The van der Waals surface area contributed by atoms with E-state index in [1.54, 1.807) is 20.1 Å². The molecule has 6 heteroatoms. The van der Waals surface area contributed by atoms with Gasteiger partial charge in [-0.1, -0.05) is 12.1 Å². The van der Waals surface area contributed by atoms with Crippen LogP contribution in [0.5, 0.6) is 5.75 Å². The molecule has 2 aromatic rings. The lowest BCUT2D eigenvalue weighted by molar-refractivity contribution is -0.385. The summed E-state index contributed by atoms with van der Waals surface area (Å²) in [7, 11) is 1.68. The van der Waals surface area contributed by atoms with Crippen LogP contribution in [-0.2, 0) is 13.0 Å². The normalized spacial score (nSPS) is 13.6. The number of ether oxygens (including phenoxy) is 1. The highest BCUT2D eigenvalue weighted by molar-refractivity contribution is 5.51. The van der Waals surface area contributed by atoms with Gasteiger partial charge >= 0.3 is 0 Å². The molecule has 0 N–H and O–H groups in total. The van der Waals surface area contributed by atoms with Crippen molar-refractivity contribution < 1.29 is 9.66 Å². The molecule has 1 aromatic heterocycles. The molecule has 0 radical (unpaired) electrons. The number of hydrogen-bond acceptors (Lipinski definition) is 5. The number of aryl methyl sites for hydroxylation is 1. The molecule has 0 spiro atoms. The summed E-state index contributed by atoms with van der Waals surface area (Å²) in [5.74, 6) is 1.70. The highest BCUT2D eigenvalue weighted by atomic mass is 16.6. The van der Waals surface area contributed by atoms with Crippen LogP contribution in [0.4, 0.5) is 11.5 Å². The van der Waals surface area contributed by atoms with Gasteiger partial charge in [0.05, 0.1) is 12.0 Å². The van der Waals surface area contributed by atoms with E-state index in [0.717, 1.165) is 31.1 Å². The predicted octanol–water partition coefficient (Wildman–Crippen LogP) is 2.87. The first-order valence-electron chi connectivity index (χ1n) is 7.12. The smallest absolute Gasteiger partial charge is 0.290 e. The Balaban J connectivity index is 1.89. The first kappa shape index (κ1) is 14.3. The molecule has 0 saturated heterocycles. The predicted molar refractivity (Wildman–Crippen MR) is 83.4 cm³/mol. The molecular formula is C16H17N3O3. The van der Waals surface area contributed by atoms with Gasteiger partial charge in [-0.3, -0.25) is 10.1 Å². The number of hydrogen-bond donors (Lipinski definition) is 0. The Kier molecular flexibility index (Phi) is 3.66. The number of pyridine rings is 1. The topological polar surface area (TPSA) is 68.5 Å². The van der Waals surface area contributed by atoms with Crippen LogP contribution in [0.1, 0.15) is 16.8 Å². The Bertz CT molecular complexity index is 731. The van der Waals surface area contributed by atoms with Crippen LogP contribution in [0.3, 0.4) is 0 Å². The fraction of sp³-hybridized carbons (Fsp3) is 0.312. The van der Waals surface area contributed by atoms with E-state index in [-0.39, 0.29) is 5.69 Å². The van der Waals surface area contributed by atoms with Crippen molar-refractivity contribution in [2.24, 2.45) is 0 Å². The zero-order valence-corrected chi connectivity index (χ0v) is 12.6. The van der Waals surface area contributed by atoms with E-state index in [1.807, 2.05) is 12.1 Å². The third-order valence-electron chi connectivity index (χ3n) is 4.01. The summed E-state index contributed by atoms with van der Waals surface area (Å²) in [6, 6.07) is 9.29. The molecule has 22 heavy (non-hydrogen) atoms. The molecule has 0 unspecified atom stereocenters. The Labute approximate surface area is 128 Å². The second kappa shape index (κ2) is 5.63. The monoisotopic (exact) mass is 299 g/mol. The molecule has 0 atom stereocenters. The van der Waals surface area contributed by atoms with Crippen molar-refractivity contribution in [1.82, 2.24) is 4.98 Å². The summed E-state index contributed by atoms with van der Waals surface area (Å²) in [5.41, 5.74) is 2.95. The first-order valence-corrected chi connectivity index (χ1v) is 7.12. The molecule has 2 heterocycles. The Morgan fingerprint density at radius 2 is 2.14 bits per heavy atom. The van der Waals surface area contributed by atoms with Gasteiger partial charge in [0.15, 0.2) is 0 Å². The molecule has 1 aliphatic rings. The maximum Gasteiger partial charge on any atom is 0.290 e. The van der Waals surface area contributed by atoms with E-state index in [2.05, 4.69) is 16.0 Å². The number of anilines is 1. The second-order valence-electron chi connectivity index (χ2n) is 5.30. The van der Waals surface area contributed by atoms with Crippen LogP contribution in [0.25, 0.3) is 0 Å². The Morgan fingerprint density at radius 3 is 2.82 bits per heavy atom. The van der Waals surface area contributed by atoms with E-state index >= 15 is 0 Å². The molecule has 0 aliphatic carbocycles. The summed E-state index contributed by atoms with van der Waals surface area (Å²) in [6.07, 6.45) is 0.872. The largest absolute Gasteiger partial charge is 0.496 e. The van der Waals surface area contributed by atoms with Crippen molar-refractivity contribution in [1.29, 1.82) is 0 Å². The van der Waals surface area contributed by atoms with Crippen LogP contribution < -0.4 is 9.64 Å². The Morgan fingerprint density at radius 1 is 1.32 bits per heavy atom. The fourth-order valence-corrected chi connectivity index (χ4v) is 2.87. The zero-order chi connectivity index (χ0) is 15.7. The quantitative estimate of drug-likeness (QED) is 0.644. The third-order valence-corrected chi connectivity index (χ3v) is 4.01. The summed E-state index contributed by atoms with van der Waals surface area (Å²) in [5, 5.41) is 10.9. The maximum atomic E-state index is 10.9. The first-order chi connectivity index (χ1) is 10.6. The van der Waals surface area contributed by atoms with Crippen LogP contribution in [0.15, 0.2) is 30.3 Å². The van der Waals surface area contributed by atoms with Crippen molar-refractivity contribution in [2.75, 3.05) is 18.6 Å². The van der Waals surface area contributed by atoms with Gasteiger partial charge in [-0.2, -0.15) is 0 Å². The highest BCUT2D eigenvalue weighted by Gasteiger charge is 2.21. The van der Waals surface area contributed by atoms with Crippen molar-refractivity contribution in [3.05, 3.63) is 57.3 Å². The maximum absolute atomic E-state index is 10.9. The summed E-state index contributed by atoms with van der Waals surface area (Å²) < 4.78 is 5.41. The van der Waals surface area contributed by atoms with E-state index in [4.69, 9.17) is 4.74 Å². The van der Waals surface area contributed by atoms with Crippen LogP contribution >= 0.6 is 0 Å². The summed E-state index contributed by atoms with van der Waals surface area (Å²) in [4.78, 5) is 17.0. The number of aromatic nitrogens is 1. The van der Waals surface area contributed by atoms with E-state index in [0.29, 0.717) is 5.69 Å². The molecule has 0 bridgehead atoms. The minimum atomic E-state index is -0.400. The number of nitrogens with zero attached hydrogens (tertiary/aromatic N) is 3. The highest BCUT2D eigenvalue weighted by Crippen LogP contribution is 2.30. The fourth-order valence-electron chi connectivity index (χ4n) is 2.87. The molecule has 3 rings (SSSR count). The number of methoxy groups -OCH3 is 1. The van der Waals surface area contributed by atoms with Gasteiger partial charge in [0.2, 0.25) is 0 Å². The number of rotatable bonds is 3. The third kappa shape index (κ3) is 2.47. The van der Waals surface area contributed by atoms with Crippen LogP contribution in [-0.4, -0.2) is 23.6 Å². The van der Waals surface area contributed by atoms with Crippen molar-refractivity contribution in [2.45, 2.75) is 19.9 Å². The van der Waals surface area contributed by atoms with Crippen LogP contribution in [0.2, 0.25) is 0 Å². The zero-order valence-electron chi connectivity index (χ0n) is 12.6. The van der Waals surface area contributed by atoms with E-state index in [9.17, 15) is 10.1 Å². The molecule has 6 nitrogen and oxygen atoms in total. The van der Waals surface area contributed by atoms with Gasteiger partial charge in [0.25, 0.3) is 5.69 Å². The second-order valence-corrected chi connectivity index (χ2v) is 5.30. The lowest BCUT2D eigenvalue weighted by Gasteiger charge is -2.30. The number of nitro groups is 1. The molecule has 1 aliphatic heterocycles. The molecular weight excluding hydrogens is 282 g/mol. The summed E-state index contributed by atoms with van der Waals surface area (Å²) in [6.45, 7) is 3.22. The SMILES string of the molecule is COc1cccc2c1CCN(c1ccc([N+](=O)[O-])c(C)n1)C2. The summed E-state index contributed by atoms with van der Waals surface area (Å²) >= 11 is 0. The molecule has 0 amide bonds. The van der Waals surface area contributed by atoms with Gasteiger partial charge in [-0.15, -0.1) is 0 Å². The van der Waals surface area contributed by atoms with Gasteiger partial charge in [0.1, 0.15) is 17.3 Å². The minimum Gasteiger partial charge on any atom is -0.496 e. The number of benzene rings is 1. The van der Waals surface area contributed by atoms with Crippen molar-refractivity contribution in [3.63, 3.8) is 0 Å². The van der Waals surface area contributed by atoms with E-state index in [1.165, 1.54) is 17.2 Å². The minimum absolute atomic E-state index is 0.0582. The Hall–Kier alpha value is -2.63. The molecule has 114 valence electrons. The lowest BCUT2D eigenvalue weighted by atomic mass is 9.98. The van der Waals surface area contributed by atoms with Crippen molar-refractivity contribution in [3.8, 4) is 5.75 Å². The average molecular weight is 299 g/mol.